The first-order chi connectivity index (χ1) is 14.3. The number of rotatable bonds is 17. The van der Waals surface area contributed by atoms with E-state index in [4.69, 9.17) is 15.2 Å². The van der Waals surface area contributed by atoms with E-state index >= 15 is 0 Å². The Morgan fingerprint density at radius 1 is 0.867 bits per heavy atom. The number of primary amides is 1. The average molecular weight is 544 g/mol. The van der Waals surface area contributed by atoms with E-state index in [0.717, 1.165) is 38.5 Å². The zero-order chi connectivity index (χ0) is 23.2. The Labute approximate surface area is 194 Å². The minimum Gasteiger partial charge on any atom is -0.462 e. The molecule has 0 saturated heterocycles. The van der Waals surface area contributed by atoms with Crippen LogP contribution >= 0.6 is 22.6 Å². The molecule has 0 aromatic carbocycles. The molecule has 30 heavy (non-hydrogen) atoms. The normalized spacial score (nSPS) is 12.3. The van der Waals surface area contributed by atoms with Gasteiger partial charge in [0, 0.05) is 12.8 Å². The lowest BCUT2D eigenvalue weighted by atomic mass is 10.1. The van der Waals surface area contributed by atoms with Gasteiger partial charge in [0.15, 0.2) is 6.10 Å². The van der Waals surface area contributed by atoms with Crippen LogP contribution in [0.5, 0.6) is 0 Å². The first-order valence-corrected chi connectivity index (χ1v) is 12.2. The molecule has 9 heteroatoms. The number of unbranched alkanes of at least 4 members (excludes halogenated alkanes) is 8. The molecule has 8 nitrogen and oxygen atoms in total. The molecule has 0 aliphatic rings. The number of halogens is 1. The van der Waals surface area contributed by atoms with Gasteiger partial charge in [-0.2, -0.15) is 0 Å². The Kier molecular flexibility index (Phi) is 23.7. The first kappa shape index (κ1) is 31.2. The standard InChI is InChI=1S/C19H36O5.C2H5IN2O/c1-3-5-7-9-11-13-18(21)23-16-17(15-20)24-19(22)14-12-10-8-6-4-2;3-1(4)2(5)6/h17,20H,3-16H2,1-2H3;1H,4H2,(H2,5,6)/t17-;/m0./s1. The largest absolute Gasteiger partial charge is 0.462 e. The molecule has 0 fully saturated rings. The van der Waals surface area contributed by atoms with Crippen molar-refractivity contribution in [1.82, 2.24) is 0 Å². The molecule has 0 spiro atoms. The zero-order valence-corrected chi connectivity index (χ0v) is 20.7. The van der Waals surface area contributed by atoms with Crippen molar-refractivity contribution in [2.45, 2.75) is 101 Å². The van der Waals surface area contributed by atoms with E-state index in [0.29, 0.717) is 12.8 Å². The van der Waals surface area contributed by atoms with Gasteiger partial charge in [-0.05, 0) is 12.8 Å². The highest BCUT2D eigenvalue weighted by Gasteiger charge is 2.15. The summed E-state index contributed by atoms with van der Waals surface area (Å²) in [5, 5.41) is 9.23. The van der Waals surface area contributed by atoms with Gasteiger partial charge in [0.05, 0.1) is 6.61 Å². The second kappa shape index (κ2) is 22.7. The van der Waals surface area contributed by atoms with Crippen LogP contribution in [0.4, 0.5) is 0 Å². The summed E-state index contributed by atoms with van der Waals surface area (Å²) in [7, 11) is 0. The van der Waals surface area contributed by atoms with Crippen LogP contribution in [0, 0.1) is 0 Å². The zero-order valence-electron chi connectivity index (χ0n) is 18.6. The molecule has 1 unspecified atom stereocenters. The van der Waals surface area contributed by atoms with Crippen LogP contribution in [0.15, 0.2) is 0 Å². The van der Waals surface area contributed by atoms with E-state index in [2.05, 4.69) is 19.6 Å². The van der Waals surface area contributed by atoms with E-state index < -0.39 is 16.1 Å². The van der Waals surface area contributed by atoms with Crippen LogP contribution in [-0.4, -0.2) is 46.3 Å². The third kappa shape index (κ3) is 23.3. The van der Waals surface area contributed by atoms with E-state index in [1.54, 1.807) is 22.6 Å². The van der Waals surface area contributed by atoms with Crippen LogP contribution < -0.4 is 11.5 Å². The SMILES string of the molecule is CCCCCCCC(=O)OC[C@H](CO)OC(=O)CCCCCCC.NC(=O)C(N)I. The van der Waals surface area contributed by atoms with Gasteiger partial charge in [-0.3, -0.25) is 14.4 Å². The van der Waals surface area contributed by atoms with E-state index in [1.165, 1.54) is 25.7 Å². The predicted octanol–water partition coefficient (Wildman–Crippen LogP) is 3.35. The highest BCUT2D eigenvalue weighted by Crippen LogP contribution is 2.08. The van der Waals surface area contributed by atoms with Crippen molar-refractivity contribution >= 4 is 40.4 Å². The van der Waals surface area contributed by atoms with Crippen molar-refractivity contribution in [3.05, 3.63) is 0 Å². The van der Waals surface area contributed by atoms with Crippen LogP contribution in [-0.2, 0) is 23.9 Å². The second-order valence-corrected chi connectivity index (χ2v) is 8.45. The molecular weight excluding hydrogens is 503 g/mol. The number of esters is 2. The molecule has 0 saturated carbocycles. The molecule has 0 heterocycles. The fourth-order valence-corrected chi connectivity index (χ4v) is 2.37. The van der Waals surface area contributed by atoms with Crippen LogP contribution in [0.1, 0.15) is 90.9 Å². The van der Waals surface area contributed by atoms with Gasteiger partial charge >= 0.3 is 11.9 Å². The number of alkyl halides is 1. The van der Waals surface area contributed by atoms with Gasteiger partial charge in [0.2, 0.25) is 5.91 Å². The van der Waals surface area contributed by atoms with Crippen LogP contribution in [0.25, 0.3) is 0 Å². The summed E-state index contributed by atoms with van der Waals surface area (Å²) in [6.07, 6.45) is 10.6. The fraction of sp³-hybridized carbons (Fsp3) is 0.857. The summed E-state index contributed by atoms with van der Waals surface area (Å²) in [5.74, 6) is -1.10. The van der Waals surface area contributed by atoms with Crippen molar-refractivity contribution in [3.63, 3.8) is 0 Å². The van der Waals surface area contributed by atoms with E-state index in [1.807, 2.05) is 0 Å². The third-order valence-electron chi connectivity index (χ3n) is 4.17. The van der Waals surface area contributed by atoms with Crippen LogP contribution in [0.2, 0.25) is 0 Å². The molecule has 5 N–H and O–H groups in total. The van der Waals surface area contributed by atoms with Gasteiger partial charge < -0.3 is 26.0 Å². The summed E-state index contributed by atoms with van der Waals surface area (Å²) in [5.41, 5.74) is 9.61. The molecule has 0 aliphatic carbocycles. The Morgan fingerprint density at radius 2 is 1.30 bits per heavy atom. The highest BCUT2D eigenvalue weighted by molar-refractivity contribution is 14.1. The van der Waals surface area contributed by atoms with Gasteiger partial charge in [-0.15, -0.1) is 0 Å². The van der Waals surface area contributed by atoms with Crippen molar-refractivity contribution in [2.75, 3.05) is 13.2 Å². The number of aliphatic hydroxyl groups is 1. The summed E-state index contributed by atoms with van der Waals surface area (Å²) in [6, 6.07) is 0. The molecule has 2 atom stereocenters. The maximum absolute atomic E-state index is 11.7. The van der Waals surface area contributed by atoms with Gasteiger partial charge in [0.1, 0.15) is 10.7 Å². The topological polar surface area (TPSA) is 142 Å². The van der Waals surface area contributed by atoms with E-state index in [9.17, 15) is 19.5 Å². The Bertz CT molecular complexity index is 449. The average Bonchev–Trinajstić information content (AvgIpc) is 2.71. The fourth-order valence-electron chi connectivity index (χ4n) is 2.37. The van der Waals surface area contributed by atoms with Crippen molar-refractivity contribution in [2.24, 2.45) is 11.5 Å². The Hall–Kier alpha value is -0.940. The molecule has 0 aromatic heterocycles. The molecule has 1 amide bonds. The maximum Gasteiger partial charge on any atom is 0.306 e. The number of ether oxygens (including phenoxy) is 2. The smallest absolute Gasteiger partial charge is 0.306 e. The number of carbonyl (C=O) groups excluding carboxylic acids is 3. The second-order valence-electron chi connectivity index (χ2n) is 7.11. The Balaban J connectivity index is 0. The Morgan fingerprint density at radius 3 is 1.70 bits per heavy atom. The number of amides is 1. The number of nitrogens with two attached hydrogens (primary N) is 2. The molecule has 0 aliphatic heterocycles. The highest BCUT2D eigenvalue weighted by atomic mass is 127. The van der Waals surface area contributed by atoms with Gasteiger partial charge in [-0.1, -0.05) is 87.8 Å². The lowest BCUT2D eigenvalue weighted by molar-refractivity contribution is -0.161. The molecule has 0 aromatic rings. The minimum atomic E-state index is -0.753. The summed E-state index contributed by atoms with van der Waals surface area (Å²) >= 11 is 1.74. The summed E-state index contributed by atoms with van der Waals surface area (Å²) < 4.78 is 9.69. The lowest BCUT2D eigenvalue weighted by Crippen LogP contribution is -2.30. The monoisotopic (exact) mass is 544 g/mol. The van der Waals surface area contributed by atoms with Gasteiger partial charge in [-0.25, -0.2) is 0 Å². The molecular formula is C21H41IN2O6. The van der Waals surface area contributed by atoms with Crippen molar-refractivity contribution in [3.8, 4) is 0 Å². The van der Waals surface area contributed by atoms with Crippen molar-refractivity contribution in [1.29, 1.82) is 0 Å². The molecule has 0 rings (SSSR count). The summed E-state index contributed by atoms with van der Waals surface area (Å²) in [6.45, 7) is 3.90. The first-order valence-electron chi connectivity index (χ1n) is 10.9. The minimum absolute atomic E-state index is 0.0636. The number of aliphatic hydroxyl groups excluding tert-OH is 1. The number of hydrogen-bond acceptors (Lipinski definition) is 7. The van der Waals surface area contributed by atoms with E-state index in [-0.39, 0.29) is 25.2 Å². The van der Waals surface area contributed by atoms with Gasteiger partial charge in [0.25, 0.3) is 0 Å². The number of hydrogen-bond donors (Lipinski definition) is 3. The van der Waals surface area contributed by atoms with Crippen molar-refractivity contribution < 1.29 is 29.0 Å². The maximum atomic E-state index is 11.7. The number of carbonyl (C=O) groups is 3. The van der Waals surface area contributed by atoms with Crippen LogP contribution in [0.3, 0.4) is 0 Å². The molecule has 0 bridgehead atoms. The summed E-state index contributed by atoms with van der Waals surface area (Å²) in [4.78, 5) is 33.1. The predicted molar refractivity (Wildman–Crippen MR) is 126 cm³/mol. The lowest BCUT2D eigenvalue weighted by Gasteiger charge is -2.15. The molecule has 0 radical (unpaired) electrons. The molecule has 178 valence electrons. The third-order valence-corrected chi connectivity index (χ3v) is 4.79. The quantitative estimate of drug-likeness (QED) is 0.0838.